The van der Waals surface area contributed by atoms with Crippen molar-refractivity contribution < 1.29 is 0 Å². The Morgan fingerprint density at radius 2 is 1.89 bits per heavy atom. The van der Waals surface area contributed by atoms with Gasteiger partial charge in [0.15, 0.2) is 0 Å². The summed E-state index contributed by atoms with van der Waals surface area (Å²) in [4.78, 5) is 2.65. The van der Waals surface area contributed by atoms with Crippen LogP contribution in [0.15, 0.2) is 33.2 Å². The molecule has 2 aromatic rings. The summed E-state index contributed by atoms with van der Waals surface area (Å²) in [6.07, 6.45) is 0. The van der Waals surface area contributed by atoms with Gasteiger partial charge in [-0.15, -0.1) is 11.3 Å². The van der Waals surface area contributed by atoms with Crippen molar-refractivity contribution in [3.63, 3.8) is 0 Å². The molecule has 1 aromatic carbocycles. The summed E-state index contributed by atoms with van der Waals surface area (Å²) >= 11 is 9.09. The van der Waals surface area contributed by atoms with Crippen LogP contribution < -0.4 is 5.32 Å². The molecule has 2 rings (SSSR count). The second-order valence-corrected chi connectivity index (χ2v) is 7.24. The van der Waals surface area contributed by atoms with E-state index in [0.717, 1.165) is 4.47 Å². The van der Waals surface area contributed by atoms with Crippen molar-refractivity contribution in [3.05, 3.63) is 54.1 Å². The standard InChI is InChI=1S/C14H15Br2NS/c1-8-7-12(16)14(18-8)13(17-3)10-5-4-6-11(15)9(10)2/h4-7,13,17H,1-3H3. The first-order valence-electron chi connectivity index (χ1n) is 5.72. The van der Waals surface area contributed by atoms with Crippen molar-refractivity contribution in [3.8, 4) is 0 Å². The third kappa shape index (κ3) is 2.72. The third-order valence-electron chi connectivity index (χ3n) is 3.01. The smallest absolute Gasteiger partial charge is 0.0683 e. The van der Waals surface area contributed by atoms with Gasteiger partial charge in [-0.3, -0.25) is 0 Å². The molecule has 1 unspecified atom stereocenters. The Bertz CT molecular complexity index is 563. The molecule has 96 valence electrons. The van der Waals surface area contributed by atoms with Crippen LogP contribution in [0.1, 0.15) is 26.9 Å². The highest BCUT2D eigenvalue weighted by Gasteiger charge is 2.19. The molecule has 0 saturated carbocycles. The Labute approximate surface area is 129 Å². The molecule has 1 N–H and O–H groups in total. The van der Waals surface area contributed by atoms with Gasteiger partial charge in [-0.25, -0.2) is 0 Å². The fourth-order valence-corrected chi connectivity index (χ4v) is 4.45. The lowest BCUT2D eigenvalue weighted by Crippen LogP contribution is -2.18. The third-order valence-corrected chi connectivity index (χ3v) is 5.90. The number of hydrogen-bond donors (Lipinski definition) is 1. The molecule has 0 aliphatic heterocycles. The van der Waals surface area contributed by atoms with Gasteiger partial charge < -0.3 is 5.32 Å². The first-order valence-corrected chi connectivity index (χ1v) is 8.13. The van der Waals surface area contributed by atoms with Gasteiger partial charge in [-0.05, 0) is 60.1 Å². The average Bonchev–Trinajstić information content (AvgIpc) is 2.65. The van der Waals surface area contributed by atoms with Crippen molar-refractivity contribution in [2.75, 3.05) is 7.05 Å². The molecule has 0 fully saturated rings. The molecule has 1 nitrogen and oxygen atoms in total. The molecule has 1 aromatic heterocycles. The summed E-state index contributed by atoms with van der Waals surface area (Å²) in [7, 11) is 2.01. The molecule has 4 heteroatoms. The predicted molar refractivity (Wildman–Crippen MR) is 86.5 cm³/mol. The number of halogens is 2. The quantitative estimate of drug-likeness (QED) is 0.761. The van der Waals surface area contributed by atoms with Crippen LogP contribution in [0.25, 0.3) is 0 Å². The summed E-state index contributed by atoms with van der Waals surface area (Å²) in [5.41, 5.74) is 2.60. The van der Waals surface area contributed by atoms with E-state index in [0.29, 0.717) is 0 Å². The van der Waals surface area contributed by atoms with Gasteiger partial charge in [-0.1, -0.05) is 28.1 Å². The molecule has 1 heterocycles. The molecular formula is C14H15Br2NS. The monoisotopic (exact) mass is 387 g/mol. The zero-order chi connectivity index (χ0) is 13.3. The van der Waals surface area contributed by atoms with Crippen LogP contribution in [0.4, 0.5) is 0 Å². The van der Waals surface area contributed by atoms with Crippen LogP contribution in [0.2, 0.25) is 0 Å². The molecule has 0 aliphatic carbocycles. The zero-order valence-corrected chi connectivity index (χ0v) is 14.5. The Kier molecular flexibility index (Phi) is 4.64. The molecule has 0 amide bonds. The first kappa shape index (κ1) is 14.3. The zero-order valence-electron chi connectivity index (χ0n) is 10.6. The summed E-state index contributed by atoms with van der Waals surface area (Å²) in [6, 6.07) is 8.77. The Morgan fingerprint density at radius 1 is 1.17 bits per heavy atom. The second-order valence-electron chi connectivity index (χ2n) is 4.24. The van der Waals surface area contributed by atoms with E-state index in [1.165, 1.54) is 25.4 Å². The topological polar surface area (TPSA) is 12.0 Å². The number of hydrogen-bond acceptors (Lipinski definition) is 2. The SMILES string of the molecule is CNC(c1cccc(Br)c1C)c1sc(C)cc1Br. The summed E-state index contributed by atoms with van der Waals surface area (Å²) in [6.45, 7) is 4.29. The van der Waals surface area contributed by atoms with E-state index in [1.54, 1.807) is 0 Å². The van der Waals surface area contributed by atoms with Crippen LogP contribution in [0, 0.1) is 13.8 Å². The lowest BCUT2D eigenvalue weighted by molar-refractivity contribution is 0.696. The van der Waals surface area contributed by atoms with Gasteiger partial charge in [0.25, 0.3) is 0 Å². The maximum absolute atomic E-state index is 3.66. The van der Waals surface area contributed by atoms with Gasteiger partial charge in [0.2, 0.25) is 0 Å². The van der Waals surface area contributed by atoms with E-state index in [9.17, 15) is 0 Å². The minimum absolute atomic E-state index is 0.232. The van der Waals surface area contributed by atoms with E-state index in [4.69, 9.17) is 0 Å². The summed E-state index contributed by atoms with van der Waals surface area (Å²) < 4.78 is 2.34. The fourth-order valence-electron chi connectivity index (χ4n) is 2.06. The lowest BCUT2D eigenvalue weighted by atomic mass is 10.0. The maximum Gasteiger partial charge on any atom is 0.0683 e. The van der Waals surface area contributed by atoms with Crippen LogP contribution in [0.3, 0.4) is 0 Å². The lowest BCUT2D eigenvalue weighted by Gasteiger charge is -2.19. The van der Waals surface area contributed by atoms with Crippen LogP contribution >= 0.6 is 43.2 Å². The van der Waals surface area contributed by atoms with Gasteiger partial charge in [-0.2, -0.15) is 0 Å². The van der Waals surface area contributed by atoms with E-state index in [-0.39, 0.29) is 6.04 Å². The van der Waals surface area contributed by atoms with Crippen molar-refractivity contribution in [1.82, 2.24) is 5.32 Å². The number of nitrogens with one attached hydrogen (secondary N) is 1. The molecule has 18 heavy (non-hydrogen) atoms. The highest BCUT2D eigenvalue weighted by atomic mass is 79.9. The minimum Gasteiger partial charge on any atom is -0.309 e. The summed E-state index contributed by atoms with van der Waals surface area (Å²) in [5.74, 6) is 0. The van der Waals surface area contributed by atoms with Crippen molar-refractivity contribution >= 4 is 43.2 Å². The fraction of sp³-hybridized carbons (Fsp3) is 0.286. The molecule has 0 saturated heterocycles. The highest BCUT2D eigenvalue weighted by Crippen LogP contribution is 2.37. The van der Waals surface area contributed by atoms with Crippen LogP contribution in [0.5, 0.6) is 0 Å². The molecule has 1 atom stereocenters. The molecule has 0 aliphatic rings. The van der Waals surface area contributed by atoms with Gasteiger partial charge >= 0.3 is 0 Å². The van der Waals surface area contributed by atoms with Gasteiger partial charge in [0, 0.05) is 18.7 Å². The highest BCUT2D eigenvalue weighted by molar-refractivity contribution is 9.10. The van der Waals surface area contributed by atoms with Crippen molar-refractivity contribution in [2.24, 2.45) is 0 Å². The van der Waals surface area contributed by atoms with Crippen LogP contribution in [-0.4, -0.2) is 7.05 Å². The number of rotatable bonds is 3. The normalized spacial score (nSPS) is 12.7. The van der Waals surface area contributed by atoms with E-state index < -0.39 is 0 Å². The second kappa shape index (κ2) is 5.87. The molecule has 0 spiro atoms. The van der Waals surface area contributed by atoms with E-state index >= 15 is 0 Å². The average molecular weight is 389 g/mol. The molecule has 0 radical (unpaired) electrons. The Balaban J connectivity index is 2.52. The van der Waals surface area contributed by atoms with E-state index in [1.807, 2.05) is 18.4 Å². The maximum atomic E-state index is 3.66. The van der Waals surface area contributed by atoms with Crippen LogP contribution in [-0.2, 0) is 0 Å². The first-order chi connectivity index (χ1) is 8.54. The Hall–Kier alpha value is -0.160. The number of aryl methyl sites for hydroxylation is 1. The number of thiophene rings is 1. The van der Waals surface area contributed by atoms with Crippen molar-refractivity contribution in [1.29, 1.82) is 0 Å². The molecule has 0 bridgehead atoms. The minimum atomic E-state index is 0.232. The van der Waals surface area contributed by atoms with Crippen molar-refractivity contribution in [2.45, 2.75) is 19.9 Å². The predicted octanol–water partition coefficient (Wildman–Crippen LogP) is 5.20. The Morgan fingerprint density at radius 3 is 2.44 bits per heavy atom. The largest absolute Gasteiger partial charge is 0.309 e. The molecular weight excluding hydrogens is 374 g/mol. The van der Waals surface area contributed by atoms with E-state index in [2.05, 4.69) is 75.3 Å². The summed E-state index contributed by atoms with van der Waals surface area (Å²) in [5, 5.41) is 3.42. The number of benzene rings is 1. The van der Waals surface area contributed by atoms with Gasteiger partial charge in [0.05, 0.1) is 6.04 Å². The van der Waals surface area contributed by atoms with Gasteiger partial charge in [0.1, 0.15) is 0 Å².